The van der Waals surface area contributed by atoms with Crippen molar-refractivity contribution in [3.63, 3.8) is 0 Å². The molecule has 0 amide bonds. The van der Waals surface area contributed by atoms with E-state index in [1.54, 1.807) is 36.4 Å². The van der Waals surface area contributed by atoms with Gasteiger partial charge in [-0.2, -0.15) is 0 Å². The van der Waals surface area contributed by atoms with Crippen molar-refractivity contribution in [2.75, 3.05) is 0 Å². The molecule has 6 nitrogen and oxygen atoms in total. The van der Waals surface area contributed by atoms with Gasteiger partial charge >= 0.3 is 0 Å². The van der Waals surface area contributed by atoms with Gasteiger partial charge in [0.05, 0.1) is 0 Å². The molecule has 146 valence electrons. The maximum atomic E-state index is 8.67. The van der Waals surface area contributed by atoms with Crippen LogP contribution < -0.4 is 0 Å². The standard InChI is InChI=1S/3C6H6O2.2Ni/c3*7-5-3-1-2-4-6(5)8;;/h3*1-4,7-8H;;. The van der Waals surface area contributed by atoms with Crippen molar-refractivity contribution in [2.45, 2.75) is 0 Å². The number of phenolic OH excluding ortho intramolecular Hbond substituents is 6. The van der Waals surface area contributed by atoms with Gasteiger partial charge < -0.3 is 30.6 Å². The van der Waals surface area contributed by atoms with Gasteiger partial charge in [0.15, 0.2) is 34.5 Å². The number of hydrogen-bond acceptors (Lipinski definition) is 6. The Labute approximate surface area is 170 Å². The molecular weight excluding hydrogens is 430 g/mol. The SMILES string of the molecule is Oc1ccccc1O.Oc1ccccc1O.Oc1ccccc1O.[Ni].[Ni]. The Morgan fingerprint density at radius 2 is 0.423 bits per heavy atom. The molecule has 0 saturated carbocycles. The fourth-order valence-corrected chi connectivity index (χ4v) is 1.39. The first-order chi connectivity index (χ1) is 11.4. The summed E-state index contributed by atoms with van der Waals surface area (Å²) in [6.07, 6.45) is 0. The predicted molar refractivity (Wildman–Crippen MR) is 89.3 cm³/mol. The second kappa shape index (κ2) is 13.7. The summed E-state index contributed by atoms with van der Waals surface area (Å²) in [4.78, 5) is 0. The zero-order valence-corrected chi connectivity index (χ0v) is 15.2. The first-order valence-electron chi connectivity index (χ1n) is 6.82. The minimum Gasteiger partial charge on any atom is -0.504 e. The van der Waals surface area contributed by atoms with E-state index >= 15 is 0 Å². The molecule has 26 heavy (non-hydrogen) atoms. The Balaban J connectivity index is 0. The Hall–Kier alpha value is -2.55. The molecule has 0 aliphatic heterocycles. The van der Waals surface area contributed by atoms with E-state index in [0.717, 1.165) is 0 Å². The second-order valence-electron chi connectivity index (χ2n) is 4.47. The Morgan fingerprint density at radius 1 is 0.308 bits per heavy atom. The number of rotatable bonds is 0. The fourth-order valence-electron chi connectivity index (χ4n) is 1.39. The molecule has 0 saturated heterocycles. The summed E-state index contributed by atoms with van der Waals surface area (Å²) in [5.74, 6) is -0.458. The number of para-hydroxylation sites is 6. The quantitative estimate of drug-likeness (QED) is 0.232. The van der Waals surface area contributed by atoms with Crippen molar-refractivity contribution in [3.8, 4) is 34.5 Å². The zero-order chi connectivity index (χ0) is 17.9. The van der Waals surface area contributed by atoms with Crippen LogP contribution >= 0.6 is 0 Å². The molecule has 0 bridgehead atoms. The molecule has 6 N–H and O–H groups in total. The van der Waals surface area contributed by atoms with E-state index in [4.69, 9.17) is 30.6 Å². The van der Waals surface area contributed by atoms with Crippen LogP contribution in [0.5, 0.6) is 34.5 Å². The topological polar surface area (TPSA) is 121 Å². The number of aromatic hydroxyl groups is 6. The molecule has 8 heteroatoms. The minimum absolute atomic E-state index is 0. The van der Waals surface area contributed by atoms with E-state index in [0.29, 0.717) is 0 Å². The van der Waals surface area contributed by atoms with Gasteiger partial charge in [0.25, 0.3) is 0 Å². The predicted octanol–water partition coefficient (Wildman–Crippen LogP) is 3.29. The van der Waals surface area contributed by atoms with Gasteiger partial charge in [-0.1, -0.05) is 36.4 Å². The van der Waals surface area contributed by atoms with Gasteiger partial charge in [0.2, 0.25) is 0 Å². The molecule has 0 unspecified atom stereocenters. The molecule has 0 aromatic heterocycles. The van der Waals surface area contributed by atoms with Crippen LogP contribution in [0.3, 0.4) is 0 Å². The van der Waals surface area contributed by atoms with Crippen LogP contribution in [-0.2, 0) is 33.0 Å². The third-order valence-electron chi connectivity index (χ3n) is 2.65. The van der Waals surface area contributed by atoms with Crippen LogP contribution in [0.1, 0.15) is 0 Å². The van der Waals surface area contributed by atoms with Gasteiger partial charge in [-0.15, -0.1) is 0 Å². The molecule has 3 rings (SSSR count). The summed E-state index contributed by atoms with van der Waals surface area (Å²) in [6.45, 7) is 0. The summed E-state index contributed by atoms with van der Waals surface area (Å²) in [7, 11) is 0. The average Bonchev–Trinajstić information content (AvgIpc) is 2.57. The van der Waals surface area contributed by atoms with Crippen molar-refractivity contribution >= 4 is 0 Å². The van der Waals surface area contributed by atoms with E-state index in [1.165, 1.54) is 36.4 Å². The van der Waals surface area contributed by atoms with Crippen molar-refractivity contribution in [2.24, 2.45) is 0 Å². The molecule has 3 aromatic rings. The summed E-state index contributed by atoms with van der Waals surface area (Å²) < 4.78 is 0. The smallest absolute Gasteiger partial charge is 0.157 e. The molecular formula is C18H18Ni2O6. The summed E-state index contributed by atoms with van der Waals surface area (Å²) in [6, 6.07) is 18.4. The van der Waals surface area contributed by atoms with Gasteiger partial charge in [-0.05, 0) is 36.4 Å². The average molecular weight is 448 g/mol. The monoisotopic (exact) mass is 446 g/mol. The van der Waals surface area contributed by atoms with E-state index in [-0.39, 0.29) is 67.5 Å². The Morgan fingerprint density at radius 3 is 0.500 bits per heavy atom. The molecule has 0 fully saturated rings. The van der Waals surface area contributed by atoms with Crippen LogP contribution in [0, 0.1) is 0 Å². The van der Waals surface area contributed by atoms with Gasteiger partial charge in [0, 0.05) is 33.0 Å². The summed E-state index contributed by atoms with van der Waals surface area (Å²) in [5.41, 5.74) is 0. The third kappa shape index (κ3) is 9.67. The van der Waals surface area contributed by atoms with Crippen LogP contribution in [0.4, 0.5) is 0 Å². The molecule has 0 atom stereocenters. The molecule has 0 spiro atoms. The molecule has 0 radical (unpaired) electrons. The van der Waals surface area contributed by atoms with E-state index in [1.807, 2.05) is 0 Å². The van der Waals surface area contributed by atoms with Crippen LogP contribution in [0.25, 0.3) is 0 Å². The fraction of sp³-hybridized carbons (Fsp3) is 0. The normalized spacial score (nSPS) is 8.31. The number of benzene rings is 3. The number of hydrogen-bond donors (Lipinski definition) is 6. The van der Waals surface area contributed by atoms with Crippen molar-refractivity contribution in [1.29, 1.82) is 0 Å². The van der Waals surface area contributed by atoms with Crippen molar-refractivity contribution in [1.82, 2.24) is 0 Å². The zero-order valence-electron chi connectivity index (χ0n) is 13.2. The first-order valence-corrected chi connectivity index (χ1v) is 6.82. The molecule has 0 aliphatic rings. The Kier molecular flexibility index (Phi) is 13.5. The molecule has 0 heterocycles. The van der Waals surface area contributed by atoms with E-state index in [9.17, 15) is 0 Å². The van der Waals surface area contributed by atoms with Crippen molar-refractivity contribution < 1.29 is 63.6 Å². The van der Waals surface area contributed by atoms with E-state index < -0.39 is 0 Å². The minimum atomic E-state index is -0.0764. The summed E-state index contributed by atoms with van der Waals surface area (Å²) in [5, 5.41) is 52.0. The van der Waals surface area contributed by atoms with Crippen LogP contribution in [0.15, 0.2) is 72.8 Å². The van der Waals surface area contributed by atoms with Crippen molar-refractivity contribution in [3.05, 3.63) is 72.8 Å². The number of phenols is 6. The maximum Gasteiger partial charge on any atom is 0.157 e. The largest absolute Gasteiger partial charge is 0.504 e. The van der Waals surface area contributed by atoms with Gasteiger partial charge in [-0.3, -0.25) is 0 Å². The van der Waals surface area contributed by atoms with Gasteiger partial charge in [0.1, 0.15) is 0 Å². The van der Waals surface area contributed by atoms with E-state index in [2.05, 4.69) is 0 Å². The van der Waals surface area contributed by atoms with Crippen LogP contribution in [-0.4, -0.2) is 30.6 Å². The molecule has 3 aromatic carbocycles. The first kappa shape index (κ1) is 25.7. The second-order valence-corrected chi connectivity index (χ2v) is 4.47. The Bertz CT molecular complexity index is 602. The molecule has 0 aliphatic carbocycles. The summed E-state index contributed by atoms with van der Waals surface area (Å²) >= 11 is 0. The third-order valence-corrected chi connectivity index (χ3v) is 2.65. The van der Waals surface area contributed by atoms with Gasteiger partial charge in [-0.25, -0.2) is 0 Å². The van der Waals surface area contributed by atoms with Crippen LogP contribution in [0.2, 0.25) is 0 Å². The maximum absolute atomic E-state index is 8.67.